The van der Waals surface area contributed by atoms with Crippen LogP contribution in [0.25, 0.3) is 0 Å². The molecule has 3 heteroatoms. The van der Waals surface area contributed by atoms with Gasteiger partial charge in [-0.3, -0.25) is 4.79 Å². The zero-order chi connectivity index (χ0) is 10.5. The lowest BCUT2D eigenvalue weighted by atomic mass is 10.1. The van der Waals surface area contributed by atoms with Gasteiger partial charge in [-0.1, -0.05) is 0 Å². The minimum atomic E-state index is -0.123. The molecule has 0 unspecified atom stereocenters. The predicted molar refractivity (Wildman–Crippen MR) is 53.6 cm³/mol. The normalized spacial score (nSPS) is 11.8. The lowest BCUT2D eigenvalue weighted by Crippen LogP contribution is -2.38. The van der Waals surface area contributed by atoms with Gasteiger partial charge < -0.3 is 9.64 Å². The molecule has 0 aliphatic rings. The molecule has 0 fully saturated rings. The molecule has 0 radical (unpaired) electrons. The van der Waals surface area contributed by atoms with E-state index in [4.69, 9.17) is 0 Å². The first-order valence-corrected chi connectivity index (χ1v) is 4.66. The SMILES string of the molecule is COC(=O)CCCN(C)C(C)(C)C. The monoisotopic (exact) mass is 187 g/mol. The van der Waals surface area contributed by atoms with Gasteiger partial charge in [0.1, 0.15) is 0 Å². The van der Waals surface area contributed by atoms with Crippen molar-refractivity contribution in [2.45, 2.75) is 39.2 Å². The average Bonchev–Trinajstić information content (AvgIpc) is 2.02. The molecule has 0 saturated heterocycles. The molecular formula is C10H21NO2. The summed E-state index contributed by atoms with van der Waals surface area (Å²) >= 11 is 0. The van der Waals surface area contributed by atoms with E-state index in [0.717, 1.165) is 13.0 Å². The van der Waals surface area contributed by atoms with Gasteiger partial charge in [-0.25, -0.2) is 0 Å². The topological polar surface area (TPSA) is 29.5 Å². The Labute approximate surface area is 81.1 Å². The van der Waals surface area contributed by atoms with E-state index in [9.17, 15) is 4.79 Å². The van der Waals surface area contributed by atoms with Crippen molar-refractivity contribution in [2.24, 2.45) is 0 Å². The summed E-state index contributed by atoms with van der Waals surface area (Å²) in [4.78, 5) is 13.0. The van der Waals surface area contributed by atoms with Crippen LogP contribution in [0.15, 0.2) is 0 Å². The van der Waals surface area contributed by atoms with Crippen LogP contribution < -0.4 is 0 Å². The van der Waals surface area contributed by atoms with Crippen LogP contribution in [0.4, 0.5) is 0 Å². The highest BCUT2D eigenvalue weighted by Gasteiger charge is 2.16. The largest absolute Gasteiger partial charge is 0.469 e. The summed E-state index contributed by atoms with van der Waals surface area (Å²) in [6.07, 6.45) is 1.37. The van der Waals surface area contributed by atoms with Crippen molar-refractivity contribution in [1.82, 2.24) is 4.90 Å². The zero-order valence-corrected chi connectivity index (χ0v) is 9.39. The first-order chi connectivity index (χ1) is 5.88. The molecule has 0 amide bonds. The molecule has 78 valence electrons. The Balaban J connectivity index is 3.60. The molecule has 0 N–H and O–H groups in total. The van der Waals surface area contributed by atoms with Crippen LogP contribution in [0.2, 0.25) is 0 Å². The number of methoxy groups -OCH3 is 1. The van der Waals surface area contributed by atoms with Gasteiger partial charge >= 0.3 is 5.97 Å². The number of rotatable bonds is 4. The van der Waals surface area contributed by atoms with Crippen molar-refractivity contribution in [3.63, 3.8) is 0 Å². The highest BCUT2D eigenvalue weighted by molar-refractivity contribution is 5.69. The summed E-state index contributed by atoms with van der Waals surface area (Å²) in [5.74, 6) is -0.123. The van der Waals surface area contributed by atoms with E-state index in [0.29, 0.717) is 6.42 Å². The second kappa shape index (κ2) is 5.22. The number of carbonyl (C=O) groups excluding carboxylic acids is 1. The second-order valence-electron chi connectivity index (χ2n) is 4.27. The summed E-state index contributed by atoms with van der Waals surface area (Å²) in [6, 6.07) is 0. The van der Waals surface area contributed by atoms with E-state index in [2.05, 4.69) is 37.5 Å². The van der Waals surface area contributed by atoms with Crippen LogP contribution in [0.1, 0.15) is 33.6 Å². The molecule has 0 aromatic carbocycles. The molecule has 0 aromatic heterocycles. The summed E-state index contributed by atoms with van der Waals surface area (Å²) in [5, 5.41) is 0. The Morgan fingerprint density at radius 3 is 2.31 bits per heavy atom. The lowest BCUT2D eigenvalue weighted by molar-refractivity contribution is -0.140. The smallest absolute Gasteiger partial charge is 0.305 e. The number of carbonyl (C=O) groups is 1. The summed E-state index contributed by atoms with van der Waals surface area (Å²) in [5.41, 5.74) is 0.177. The van der Waals surface area contributed by atoms with Crippen molar-refractivity contribution in [3.05, 3.63) is 0 Å². The fourth-order valence-electron chi connectivity index (χ4n) is 0.898. The third-order valence-electron chi connectivity index (χ3n) is 2.25. The maximum atomic E-state index is 10.8. The fraction of sp³-hybridized carbons (Fsp3) is 0.900. The Kier molecular flexibility index (Phi) is 4.99. The number of nitrogens with zero attached hydrogens (tertiary/aromatic N) is 1. The van der Waals surface area contributed by atoms with Crippen molar-refractivity contribution in [3.8, 4) is 0 Å². The van der Waals surface area contributed by atoms with Crippen LogP contribution in [0, 0.1) is 0 Å². The van der Waals surface area contributed by atoms with E-state index < -0.39 is 0 Å². The van der Waals surface area contributed by atoms with E-state index in [1.165, 1.54) is 7.11 Å². The van der Waals surface area contributed by atoms with Crippen molar-refractivity contribution < 1.29 is 9.53 Å². The summed E-state index contributed by atoms with van der Waals surface area (Å²) < 4.78 is 4.56. The van der Waals surface area contributed by atoms with Gasteiger partial charge in [-0.2, -0.15) is 0 Å². The van der Waals surface area contributed by atoms with Crippen LogP contribution in [0.3, 0.4) is 0 Å². The third kappa shape index (κ3) is 5.64. The molecule has 13 heavy (non-hydrogen) atoms. The lowest BCUT2D eigenvalue weighted by Gasteiger charge is -2.31. The molecule has 0 bridgehead atoms. The minimum Gasteiger partial charge on any atom is -0.469 e. The average molecular weight is 187 g/mol. The molecule has 3 nitrogen and oxygen atoms in total. The van der Waals surface area contributed by atoms with Gasteiger partial charge in [0.25, 0.3) is 0 Å². The maximum absolute atomic E-state index is 10.8. The van der Waals surface area contributed by atoms with E-state index in [1.54, 1.807) is 0 Å². The predicted octanol–water partition coefficient (Wildman–Crippen LogP) is 1.67. The molecule has 0 heterocycles. The molecule has 0 spiro atoms. The Bertz CT molecular complexity index is 161. The number of ether oxygens (including phenoxy) is 1. The first kappa shape index (κ1) is 12.4. The fourth-order valence-corrected chi connectivity index (χ4v) is 0.898. The number of esters is 1. The number of hydrogen-bond acceptors (Lipinski definition) is 3. The number of hydrogen-bond donors (Lipinski definition) is 0. The molecule has 0 atom stereocenters. The van der Waals surface area contributed by atoms with Crippen LogP contribution >= 0.6 is 0 Å². The van der Waals surface area contributed by atoms with Gasteiger partial charge in [0.15, 0.2) is 0 Å². The Morgan fingerprint density at radius 2 is 1.92 bits per heavy atom. The molecule has 0 aromatic rings. The van der Waals surface area contributed by atoms with Gasteiger partial charge in [0.2, 0.25) is 0 Å². The summed E-state index contributed by atoms with van der Waals surface area (Å²) in [7, 11) is 3.49. The van der Waals surface area contributed by atoms with Crippen LogP contribution in [-0.4, -0.2) is 37.1 Å². The standard InChI is InChI=1S/C10H21NO2/c1-10(2,3)11(4)8-6-7-9(12)13-5/h6-8H2,1-5H3. The van der Waals surface area contributed by atoms with E-state index >= 15 is 0 Å². The van der Waals surface area contributed by atoms with Gasteiger partial charge in [-0.05, 0) is 40.8 Å². The molecule has 0 aliphatic carbocycles. The minimum absolute atomic E-state index is 0.123. The molecule has 0 aliphatic heterocycles. The van der Waals surface area contributed by atoms with E-state index in [-0.39, 0.29) is 11.5 Å². The quantitative estimate of drug-likeness (QED) is 0.627. The van der Waals surface area contributed by atoms with Gasteiger partial charge in [0.05, 0.1) is 7.11 Å². The van der Waals surface area contributed by atoms with E-state index in [1.807, 2.05) is 0 Å². The van der Waals surface area contributed by atoms with Crippen LogP contribution in [-0.2, 0) is 9.53 Å². The third-order valence-corrected chi connectivity index (χ3v) is 2.25. The highest BCUT2D eigenvalue weighted by atomic mass is 16.5. The molecule has 0 rings (SSSR count). The molecule has 0 saturated carbocycles. The first-order valence-electron chi connectivity index (χ1n) is 4.66. The van der Waals surface area contributed by atoms with Gasteiger partial charge in [-0.15, -0.1) is 0 Å². The maximum Gasteiger partial charge on any atom is 0.305 e. The molecular weight excluding hydrogens is 166 g/mol. The van der Waals surface area contributed by atoms with Crippen molar-refractivity contribution >= 4 is 5.97 Å². The Hall–Kier alpha value is -0.570. The van der Waals surface area contributed by atoms with Crippen molar-refractivity contribution in [1.29, 1.82) is 0 Å². The van der Waals surface area contributed by atoms with Gasteiger partial charge in [0, 0.05) is 12.0 Å². The van der Waals surface area contributed by atoms with Crippen LogP contribution in [0.5, 0.6) is 0 Å². The Morgan fingerprint density at radius 1 is 1.38 bits per heavy atom. The second-order valence-corrected chi connectivity index (χ2v) is 4.27. The summed E-state index contributed by atoms with van der Waals surface area (Å²) in [6.45, 7) is 7.40. The highest BCUT2D eigenvalue weighted by Crippen LogP contribution is 2.10. The van der Waals surface area contributed by atoms with Crippen molar-refractivity contribution in [2.75, 3.05) is 20.7 Å². The zero-order valence-electron chi connectivity index (χ0n) is 9.39.